The van der Waals surface area contributed by atoms with E-state index in [1.165, 1.54) is 25.3 Å². The molecule has 19 heavy (non-hydrogen) atoms. The van der Waals surface area contributed by atoms with Gasteiger partial charge in [0.1, 0.15) is 5.75 Å². The molecule has 0 heterocycles. The second-order valence-electron chi connectivity index (χ2n) is 4.00. The van der Waals surface area contributed by atoms with Crippen molar-refractivity contribution in [3.63, 3.8) is 0 Å². The van der Waals surface area contributed by atoms with Crippen molar-refractivity contribution in [3.8, 4) is 5.75 Å². The van der Waals surface area contributed by atoms with Crippen molar-refractivity contribution in [2.24, 2.45) is 0 Å². The third-order valence-electron chi connectivity index (χ3n) is 2.58. The van der Waals surface area contributed by atoms with E-state index in [9.17, 15) is 8.42 Å². The lowest BCUT2D eigenvalue weighted by molar-refractivity contribution is 0.193. The minimum Gasteiger partial charge on any atom is -0.495 e. The van der Waals surface area contributed by atoms with Crippen LogP contribution in [-0.2, 0) is 14.8 Å². The number of nitrogens with two attached hydrogens (primary N) is 1. The van der Waals surface area contributed by atoms with E-state index in [4.69, 9.17) is 15.2 Å². The molecule has 7 heteroatoms. The Kier molecular flexibility index (Phi) is 6.07. The summed E-state index contributed by atoms with van der Waals surface area (Å²) in [6, 6.07) is 4.38. The lowest BCUT2D eigenvalue weighted by Crippen LogP contribution is -2.25. The van der Waals surface area contributed by atoms with Crippen LogP contribution >= 0.6 is 0 Å². The highest BCUT2D eigenvalue weighted by Crippen LogP contribution is 2.24. The summed E-state index contributed by atoms with van der Waals surface area (Å²) in [6.45, 7) is 0.996. The highest BCUT2D eigenvalue weighted by Gasteiger charge is 2.15. The topological polar surface area (TPSA) is 90.7 Å². The van der Waals surface area contributed by atoms with Gasteiger partial charge in [0.2, 0.25) is 10.0 Å². The molecule has 1 aromatic carbocycles. The lowest BCUT2D eigenvalue weighted by atomic mass is 10.3. The number of nitrogen functional groups attached to an aromatic ring is 1. The van der Waals surface area contributed by atoms with Gasteiger partial charge in [0.05, 0.1) is 17.7 Å². The summed E-state index contributed by atoms with van der Waals surface area (Å²) in [5, 5.41) is 0. The molecule has 3 N–H and O–H groups in total. The van der Waals surface area contributed by atoms with E-state index in [0.717, 1.165) is 12.8 Å². The Morgan fingerprint density at radius 2 is 2.00 bits per heavy atom. The van der Waals surface area contributed by atoms with Crippen molar-refractivity contribution < 1.29 is 17.9 Å². The van der Waals surface area contributed by atoms with Gasteiger partial charge in [-0.3, -0.25) is 0 Å². The van der Waals surface area contributed by atoms with Gasteiger partial charge >= 0.3 is 0 Å². The lowest BCUT2D eigenvalue weighted by Gasteiger charge is -2.09. The molecule has 1 rings (SSSR count). The number of nitrogens with one attached hydrogen (secondary N) is 1. The number of anilines is 1. The van der Waals surface area contributed by atoms with Crippen molar-refractivity contribution >= 4 is 15.7 Å². The maximum Gasteiger partial charge on any atom is 0.240 e. The number of methoxy groups -OCH3 is 2. The molecule has 0 saturated heterocycles. The van der Waals surface area contributed by atoms with Gasteiger partial charge in [0.25, 0.3) is 0 Å². The molecule has 0 saturated carbocycles. The van der Waals surface area contributed by atoms with Gasteiger partial charge in [-0.2, -0.15) is 0 Å². The SMILES string of the molecule is COCCCCNS(=O)(=O)c1ccc(N)c(OC)c1. The Morgan fingerprint density at radius 1 is 1.26 bits per heavy atom. The summed E-state index contributed by atoms with van der Waals surface area (Å²) in [6.07, 6.45) is 1.53. The van der Waals surface area contributed by atoms with Crippen LogP contribution in [0.2, 0.25) is 0 Å². The van der Waals surface area contributed by atoms with Crippen LogP contribution in [0, 0.1) is 0 Å². The Bertz CT molecular complexity index is 502. The molecule has 6 nitrogen and oxygen atoms in total. The van der Waals surface area contributed by atoms with E-state index in [1.54, 1.807) is 7.11 Å². The van der Waals surface area contributed by atoms with Crippen LogP contribution < -0.4 is 15.2 Å². The minimum atomic E-state index is -3.52. The summed E-state index contributed by atoms with van der Waals surface area (Å²) >= 11 is 0. The first-order valence-electron chi connectivity index (χ1n) is 5.93. The van der Waals surface area contributed by atoms with Crippen LogP contribution in [0.1, 0.15) is 12.8 Å². The van der Waals surface area contributed by atoms with Gasteiger partial charge in [-0.05, 0) is 25.0 Å². The normalized spacial score (nSPS) is 11.5. The summed E-state index contributed by atoms with van der Waals surface area (Å²) in [5.41, 5.74) is 6.05. The van der Waals surface area contributed by atoms with E-state index in [1.807, 2.05) is 0 Å². The second kappa shape index (κ2) is 7.32. The standard InChI is InChI=1S/C12H20N2O4S/c1-17-8-4-3-7-14-19(15,16)10-5-6-11(13)12(9-10)18-2/h5-6,9,14H,3-4,7-8,13H2,1-2H3. The highest BCUT2D eigenvalue weighted by atomic mass is 32.2. The molecule has 0 aliphatic heterocycles. The van der Waals surface area contributed by atoms with Gasteiger partial charge in [-0.25, -0.2) is 13.1 Å². The number of sulfonamides is 1. The number of hydrogen-bond donors (Lipinski definition) is 2. The average molecular weight is 288 g/mol. The molecule has 0 fully saturated rings. The van der Waals surface area contributed by atoms with Gasteiger partial charge in [-0.1, -0.05) is 0 Å². The molecule has 0 aliphatic rings. The molecular weight excluding hydrogens is 268 g/mol. The number of rotatable bonds is 8. The maximum atomic E-state index is 12.0. The number of hydrogen-bond acceptors (Lipinski definition) is 5. The van der Waals surface area contributed by atoms with E-state index >= 15 is 0 Å². The fourth-order valence-corrected chi connectivity index (χ4v) is 2.61. The predicted molar refractivity (Wildman–Crippen MR) is 73.7 cm³/mol. The van der Waals surface area contributed by atoms with Gasteiger partial charge < -0.3 is 15.2 Å². The summed E-state index contributed by atoms with van der Waals surface area (Å²) in [4.78, 5) is 0.144. The zero-order valence-electron chi connectivity index (χ0n) is 11.2. The number of ether oxygens (including phenoxy) is 2. The van der Waals surface area contributed by atoms with Crippen molar-refractivity contribution in [2.75, 3.05) is 33.1 Å². The van der Waals surface area contributed by atoms with Gasteiger partial charge in [0.15, 0.2) is 0 Å². The molecule has 0 radical (unpaired) electrons. The van der Waals surface area contributed by atoms with Crippen LogP contribution in [0.4, 0.5) is 5.69 Å². The van der Waals surface area contributed by atoms with Crippen molar-refractivity contribution in [2.45, 2.75) is 17.7 Å². The Balaban J connectivity index is 2.67. The molecule has 0 bridgehead atoms. The predicted octanol–water partition coefficient (Wildman–Crippen LogP) is 0.982. The number of unbranched alkanes of at least 4 members (excludes halogenated alkanes) is 1. The molecule has 1 aromatic rings. The maximum absolute atomic E-state index is 12.0. The third-order valence-corrected chi connectivity index (χ3v) is 4.04. The largest absolute Gasteiger partial charge is 0.495 e. The van der Waals surface area contributed by atoms with Crippen LogP contribution in [0.25, 0.3) is 0 Å². The second-order valence-corrected chi connectivity index (χ2v) is 5.77. The van der Waals surface area contributed by atoms with Crippen LogP contribution in [0.15, 0.2) is 23.1 Å². The molecule has 0 unspecified atom stereocenters. The molecular formula is C12H20N2O4S. The zero-order chi connectivity index (χ0) is 14.3. The van der Waals surface area contributed by atoms with Crippen LogP contribution in [0.5, 0.6) is 5.75 Å². The van der Waals surface area contributed by atoms with Crippen molar-refractivity contribution in [3.05, 3.63) is 18.2 Å². The summed E-state index contributed by atoms with van der Waals surface area (Å²) in [5.74, 6) is 0.349. The summed E-state index contributed by atoms with van der Waals surface area (Å²) < 4.78 is 36.4. The van der Waals surface area contributed by atoms with Gasteiger partial charge in [0, 0.05) is 26.3 Å². The minimum absolute atomic E-state index is 0.144. The molecule has 0 aromatic heterocycles. The fraction of sp³-hybridized carbons (Fsp3) is 0.500. The van der Waals surface area contributed by atoms with Crippen molar-refractivity contribution in [1.82, 2.24) is 4.72 Å². The van der Waals surface area contributed by atoms with Gasteiger partial charge in [-0.15, -0.1) is 0 Å². The molecule has 0 amide bonds. The monoisotopic (exact) mass is 288 g/mol. The first-order chi connectivity index (χ1) is 9.01. The molecule has 0 atom stereocenters. The van der Waals surface area contributed by atoms with Crippen molar-refractivity contribution in [1.29, 1.82) is 0 Å². The van der Waals surface area contributed by atoms with E-state index in [-0.39, 0.29) is 4.90 Å². The van der Waals surface area contributed by atoms with Crippen LogP contribution in [-0.4, -0.2) is 35.8 Å². The Labute approximate surface area is 113 Å². The smallest absolute Gasteiger partial charge is 0.240 e. The molecule has 108 valence electrons. The molecule has 0 aliphatic carbocycles. The first-order valence-corrected chi connectivity index (χ1v) is 7.41. The van der Waals surface area contributed by atoms with E-state index in [0.29, 0.717) is 24.6 Å². The van der Waals surface area contributed by atoms with E-state index in [2.05, 4.69) is 4.72 Å². The first kappa shape index (κ1) is 15.7. The highest BCUT2D eigenvalue weighted by molar-refractivity contribution is 7.89. The zero-order valence-corrected chi connectivity index (χ0v) is 12.0. The van der Waals surface area contributed by atoms with E-state index < -0.39 is 10.0 Å². The molecule has 0 spiro atoms. The average Bonchev–Trinajstić information content (AvgIpc) is 2.38. The fourth-order valence-electron chi connectivity index (χ4n) is 1.52. The third kappa shape index (κ3) is 4.70. The summed E-state index contributed by atoms with van der Waals surface area (Å²) in [7, 11) is -0.463. The Hall–Kier alpha value is -1.31. The van der Waals surface area contributed by atoms with Crippen LogP contribution in [0.3, 0.4) is 0 Å². The quantitative estimate of drug-likeness (QED) is 0.550. The Morgan fingerprint density at radius 3 is 2.63 bits per heavy atom. The number of benzene rings is 1.